The van der Waals surface area contributed by atoms with E-state index in [1.807, 2.05) is 24.3 Å². The number of nitrogens with zero attached hydrogens (tertiary/aromatic N) is 1. The summed E-state index contributed by atoms with van der Waals surface area (Å²) in [5.41, 5.74) is 3.62. The Morgan fingerprint density at radius 2 is 1.68 bits per heavy atom. The van der Waals surface area contributed by atoms with E-state index in [0.29, 0.717) is 6.42 Å². The number of hydrogen-bond donors (Lipinski definition) is 2. The number of carboxylic acid groups (broad SMARTS) is 1. The summed E-state index contributed by atoms with van der Waals surface area (Å²) >= 11 is 0. The molecule has 7 nitrogen and oxygen atoms in total. The van der Waals surface area contributed by atoms with Gasteiger partial charge in [-0.15, -0.1) is 6.58 Å². The minimum Gasteiger partial charge on any atom is -0.481 e. The van der Waals surface area contributed by atoms with E-state index in [9.17, 15) is 19.5 Å². The van der Waals surface area contributed by atoms with Crippen LogP contribution in [-0.2, 0) is 14.3 Å². The molecule has 1 aliphatic heterocycles. The predicted octanol–water partition coefficient (Wildman–Crippen LogP) is 4.04. The van der Waals surface area contributed by atoms with Crippen LogP contribution in [0.25, 0.3) is 11.1 Å². The molecule has 2 aromatic rings. The number of hydrogen-bond acceptors (Lipinski definition) is 4. The molecule has 0 radical (unpaired) electrons. The van der Waals surface area contributed by atoms with Gasteiger partial charge in [-0.2, -0.15) is 0 Å². The number of nitrogens with one attached hydrogen (secondary N) is 1. The zero-order chi connectivity index (χ0) is 24.5. The van der Waals surface area contributed by atoms with Crippen molar-refractivity contribution in [3.05, 3.63) is 72.3 Å². The molecular weight excluding hydrogens is 432 g/mol. The fourth-order valence-corrected chi connectivity index (χ4v) is 4.92. The maximum absolute atomic E-state index is 12.8. The van der Waals surface area contributed by atoms with Gasteiger partial charge in [-0.05, 0) is 35.6 Å². The van der Waals surface area contributed by atoms with Crippen molar-refractivity contribution in [3.63, 3.8) is 0 Å². The van der Waals surface area contributed by atoms with Crippen molar-refractivity contribution in [2.75, 3.05) is 19.7 Å². The molecule has 0 saturated carbocycles. The third-order valence-electron chi connectivity index (χ3n) is 7.12. The van der Waals surface area contributed by atoms with Gasteiger partial charge in [0, 0.05) is 25.0 Å². The molecule has 2 amide bonds. The second-order valence-corrected chi connectivity index (χ2v) is 9.32. The molecule has 2 unspecified atom stereocenters. The molecule has 2 aliphatic rings. The molecule has 7 heteroatoms. The van der Waals surface area contributed by atoms with Crippen LogP contribution < -0.4 is 5.32 Å². The number of fused-ring (bicyclic) bond motifs is 3. The van der Waals surface area contributed by atoms with Crippen molar-refractivity contribution in [2.24, 2.45) is 11.3 Å². The van der Waals surface area contributed by atoms with Gasteiger partial charge in [-0.25, -0.2) is 4.79 Å². The van der Waals surface area contributed by atoms with Gasteiger partial charge in [0.2, 0.25) is 5.91 Å². The fourth-order valence-electron chi connectivity index (χ4n) is 4.92. The summed E-state index contributed by atoms with van der Waals surface area (Å²) in [4.78, 5) is 38.5. The van der Waals surface area contributed by atoms with Crippen LogP contribution in [0.4, 0.5) is 4.79 Å². The molecule has 0 bridgehead atoms. The number of allylic oxidation sites excluding steroid dienone is 1. The van der Waals surface area contributed by atoms with Gasteiger partial charge in [0.15, 0.2) is 0 Å². The summed E-state index contributed by atoms with van der Waals surface area (Å²) in [5.74, 6) is -1.67. The molecule has 0 spiro atoms. The van der Waals surface area contributed by atoms with Crippen molar-refractivity contribution < 1.29 is 24.2 Å². The monoisotopic (exact) mass is 462 g/mol. The normalized spacial score (nSPS) is 17.5. The van der Waals surface area contributed by atoms with Crippen LogP contribution >= 0.6 is 0 Å². The van der Waals surface area contributed by atoms with Gasteiger partial charge in [0.25, 0.3) is 0 Å². The largest absolute Gasteiger partial charge is 0.481 e. The number of aliphatic carboxylic acids is 1. The van der Waals surface area contributed by atoms with Gasteiger partial charge in [-0.3, -0.25) is 9.59 Å². The molecule has 0 aromatic heterocycles. The highest BCUT2D eigenvalue weighted by molar-refractivity contribution is 5.85. The first-order chi connectivity index (χ1) is 16.3. The molecule has 2 aromatic carbocycles. The zero-order valence-electron chi connectivity index (χ0n) is 19.5. The number of rotatable bonds is 8. The summed E-state index contributed by atoms with van der Waals surface area (Å²) < 4.78 is 5.57. The topological polar surface area (TPSA) is 95.9 Å². The maximum atomic E-state index is 12.8. The average molecular weight is 463 g/mol. The highest BCUT2D eigenvalue weighted by atomic mass is 16.5. The maximum Gasteiger partial charge on any atom is 0.407 e. The Morgan fingerprint density at radius 3 is 2.21 bits per heavy atom. The van der Waals surface area contributed by atoms with Crippen LogP contribution in [0.3, 0.4) is 0 Å². The highest BCUT2D eigenvalue weighted by Gasteiger charge is 2.51. The number of ether oxygens (including phenoxy) is 1. The summed E-state index contributed by atoms with van der Waals surface area (Å²) in [6.45, 7) is 7.59. The minimum atomic E-state index is -0.958. The Balaban J connectivity index is 1.32. The number of amides is 2. The molecular formula is C27H30N2O5. The average Bonchev–Trinajstić information content (AvgIpc) is 3.12. The smallest absolute Gasteiger partial charge is 0.407 e. The van der Waals surface area contributed by atoms with Gasteiger partial charge in [-0.1, -0.05) is 61.5 Å². The molecule has 34 heavy (non-hydrogen) atoms. The second kappa shape index (κ2) is 9.33. The molecule has 1 aliphatic carbocycles. The van der Waals surface area contributed by atoms with E-state index < -0.39 is 29.4 Å². The first-order valence-electron chi connectivity index (χ1n) is 11.5. The quantitative estimate of drug-likeness (QED) is 0.578. The number of likely N-dealkylation sites (tertiary alicyclic amines) is 1. The lowest BCUT2D eigenvalue weighted by molar-refractivity contribution is -0.167. The fraction of sp³-hybridized carbons (Fsp3) is 0.370. The van der Waals surface area contributed by atoms with Crippen molar-refractivity contribution in [1.29, 1.82) is 0 Å². The Kier molecular flexibility index (Phi) is 6.46. The van der Waals surface area contributed by atoms with E-state index in [-0.39, 0.29) is 31.5 Å². The Hall–Kier alpha value is -3.61. The van der Waals surface area contributed by atoms with Gasteiger partial charge >= 0.3 is 12.1 Å². The van der Waals surface area contributed by atoms with Crippen molar-refractivity contribution in [2.45, 2.75) is 32.2 Å². The molecule has 178 valence electrons. The molecule has 2 N–H and O–H groups in total. The van der Waals surface area contributed by atoms with Crippen LogP contribution in [-0.4, -0.2) is 53.7 Å². The number of benzene rings is 2. The number of carbonyl (C=O) groups is 3. The lowest BCUT2D eigenvalue weighted by Gasteiger charge is -2.48. The Morgan fingerprint density at radius 1 is 1.12 bits per heavy atom. The van der Waals surface area contributed by atoms with Gasteiger partial charge in [0.1, 0.15) is 12.0 Å². The zero-order valence-corrected chi connectivity index (χ0v) is 19.5. The van der Waals surface area contributed by atoms with Crippen molar-refractivity contribution >= 4 is 18.0 Å². The summed E-state index contributed by atoms with van der Waals surface area (Å²) in [6, 6.07) is 15.8. The molecule has 1 fully saturated rings. The Bertz CT molecular complexity index is 1080. The van der Waals surface area contributed by atoms with E-state index >= 15 is 0 Å². The SMILES string of the molecule is C=CCC1(C(=O)O)CN(C(=O)C(C)C(C)NC(=O)OCC2c3ccccc3-c3ccccc32)C1. The number of carbonyl (C=O) groups excluding carboxylic acids is 2. The van der Waals surface area contributed by atoms with Crippen LogP contribution in [0.1, 0.15) is 37.3 Å². The molecule has 1 saturated heterocycles. The highest BCUT2D eigenvalue weighted by Crippen LogP contribution is 2.44. The molecule has 1 heterocycles. The van der Waals surface area contributed by atoms with Crippen LogP contribution in [0.5, 0.6) is 0 Å². The van der Waals surface area contributed by atoms with E-state index in [1.165, 1.54) is 4.90 Å². The summed E-state index contributed by atoms with van der Waals surface area (Å²) in [5, 5.41) is 12.3. The van der Waals surface area contributed by atoms with Crippen molar-refractivity contribution in [1.82, 2.24) is 10.2 Å². The first-order valence-corrected chi connectivity index (χ1v) is 11.5. The number of carboxylic acids is 1. The lowest BCUT2D eigenvalue weighted by atomic mass is 9.76. The van der Waals surface area contributed by atoms with Crippen LogP contribution in [0, 0.1) is 11.3 Å². The van der Waals surface area contributed by atoms with E-state index in [1.54, 1.807) is 19.9 Å². The predicted molar refractivity (Wildman–Crippen MR) is 128 cm³/mol. The third kappa shape index (κ3) is 4.18. The lowest BCUT2D eigenvalue weighted by Crippen LogP contribution is -2.63. The minimum absolute atomic E-state index is 0.0393. The summed E-state index contributed by atoms with van der Waals surface area (Å²) in [6.07, 6.45) is 1.30. The van der Waals surface area contributed by atoms with Crippen LogP contribution in [0.2, 0.25) is 0 Å². The van der Waals surface area contributed by atoms with Gasteiger partial charge in [0.05, 0.1) is 5.92 Å². The van der Waals surface area contributed by atoms with Gasteiger partial charge < -0.3 is 20.1 Å². The van der Waals surface area contributed by atoms with Crippen LogP contribution in [0.15, 0.2) is 61.2 Å². The summed E-state index contributed by atoms with van der Waals surface area (Å²) in [7, 11) is 0. The molecule has 4 rings (SSSR count). The van der Waals surface area contributed by atoms with Crippen molar-refractivity contribution in [3.8, 4) is 11.1 Å². The van der Waals surface area contributed by atoms with E-state index in [2.05, 4.69) is 36.2 Å². The Labute approximate surface area is 199 Å². The standard InChI is InChI=1S/C27H30N2O5/c1-4-13-27(25(31)32)15-29(16-27)24(30)17(2)18(3)28-26(33)34-14-23-21-11-7-5-9-19(21)20-10-6-8-12-22(20)23/h4-12,17-18,23H,1,13-16H2,2-3H3,(H,28,33)(H,31,32). The van der Waals surface area contributed by atoms with E-state index in [4.69, 9.17) is 4.74 Å². The number of alkyl carbamates (subject to hydrolysis) is 1. The third-order valence-corrected chi connectivity index (χ3v) is 7.12. The second-order valence-electron chi connectivity index (χ2n) is 9.32. The first kappa shape index (κ1) is 23.5. The molecule has 2 atom stereocenters. The van der Waals surface area contributed by atoms with E-state index in [0.717, 1.165) is 22.3 Å².